The topological polar surface area (TPSA) is 131 Å². The molecule has 1 fully saturated rings. The van der Waals surface area contributed by atoms with E-state index in [-0.39, 0.29) is 15.5 Å². The molecule has 1 saturated heterocycles. The number of urea groups is 1. The Kier molecular flexibility index (Phi) is 8.86. The lowest BCUT2D eigenvalue weighted by Crippen LogP contribution is -2.33. The number of thiophene rings is 1. The third-order valence-electron chi connectivity index (χ3n) is 8.15. The first-order valence-corrected chi connectivity index (χ1v) is 17.6. The maximum Gasteiger partial charge on any atom is 0.324 e. The van der Waals surface area contributed by atoms with Crippen molar-refractivity contribution in [1.82, 2.24) is 20.1 Å². The Morgan fingerprint density at radius 1 is 1.04 bits per heavy atom. The second-order valence-electron chi connectivity index (χ2n) is 12.7. The zero-order chi connectivity index (χ0) is 32.5. The van der Waals surface area contributed by atoms with Crippen LogP contribution in [0.2, 0.25) is 0 Å². The number of rotatable bonds is 8. The van der Waals surface area contributed by atoms with Crippen LogP contribution < -0.4 is 16.0 Å². The number of anilines is 2. The van der Waals surface area contributed by atoms with Gasteiger partial charge in [0.25, 0.3) is 0 Å². The van der Waals surface area contributed by atoms with Gasteiger partial charge in [-0.1, -0.05) is 50.6 Å². The van der Waals surface area contributed by atoms with Crippen molar-refractivity contribution in [2.24, 2.45) is 5.92 Å². The molecule has 240 valence electrons. The summed E-state index contributed by atoms with van der Waals surface area (Å²) in [6, 6.07) is 19.9. The molecule has 46 heavy (non-hydrogen) atoms. The molecule has 1 unspecified atom stereocenters. The molecule has 0 aliphatic carbocycles. The fraction of sp³-hybridized carbons (Fsp3) is 0.324. The van der Waals surface area contributed by atoms with Crippen molar-refractivity contribution in [2.45, 2.75) is 55.4 Å². The number of aryl methyl sites for hydroxylation is 1. The molecule has 10 nitrogen and oxygen atoms in total. The average molecular weight is 659 g/mol. The summed E-state index contributed by atoms with van der Waals surface area (Å²) in [7, 11) is -3.78. The predicted molar refractivity (Wildman–Crippen MR) is 181 cm³/mol. The van der Waals surface area contributed by atoms with E-state index in [1.807, 2.05) is 43.3 Å². The van der Waals surface area contributed by atoms with Crippen molar-refractivity contribution in [2.75, 3.05) is 23.7 Å². The van der Waals surface area contributed by atoms with Crippen LogP contribution in [0, 0.1) is 12.8 Å². The van der Waals surface area contributed by atoms with Crippen LogP contribution in [0.3, 0.4) is 0 Å². The van der Waals surface area contributed by atoms with Gasteiger partial charge in [0.05, 0.1) is 27.7 Å². The lowest BCUT2D eigenvalue weighted by molar-refractivity contribution is 0.262. The van der Waals surface area contributed by atoms with E-state index < -0.39 is 21.1 Å². The largest absolute Gasteiger partial charge is 0.443 e. The van der Waals surface area contributed by atoms with Gasteiger partial charge < -0.3 is 15.1 Å². The molecule has 12 heteroatoms. The summed E-state index contributed by atoms with van der Waals surface area (Å²) >= 11 is 1.18. The molecule has 2 amide bonds. The summed E-state index contributed by atoms with van der Waals surface area (Å²) in [6.45, 7) is 9.73. The Bertz CT molecular complexity index is 1920. The molecule has 1 aliphatic rings. The molecule has 0 saturated carbocycles. The van der Waals surface area contributed by atoms with E-state index in [9.17, 15) is 13.2 Å². The predicted octanol–water partition coefficient (Wildman–Crippen LogP) is 7.35. The van der Waals surface area contributed by atoms with Gasteiger partial charge in [-0.15, -0.1) is 11.3 Å². The zero-order valence-corrected chi connectivity index (χ0v) is 27.9. The molecule has 0 spiro atoms. The number of amides is 2. The van der Waals surface area contributed by atoms with Crippen LogP contribution >= 0.6 is 11.3 Å². The molecule has 3 aromatic heterocycles. The van der Waals surface area contributed by atoms with E-state index in [0.717, 1.165) is 42.9 Å². The highest BCUT2D eigenvalue weighted by Gasteiger charge is 2.38. The summed E-state index contributed by atoms with van der Waals surface area (Å²) in [5, 5.41) is 13.2. The average Bonchev–Trinajstić information content (AvgIpc) is 3.80. The number of nitrogens with one attached hydrogen (secondary N) is 3. The lowest BCUT2D eigenvalue weighted by atomic mass is 9.90. The first kappa shape index (κ1) is 31.7. The fourth-order valence-corrected chi connectivity index (χ4v) is 9.24. The summed E-state index contributed by atoms with van der Waals surface area (Å²) in [6.07, 6.45) is 4.35. The van der Waals surface area contributed by atoms with Crippen LogP contribution in [-0.4, -0.2) is 42.3 Å². The lowest BCUT2D eigenvalue weighted by Gasteiger charge is -2.30. The molecule has 6 rings (SSSR count). The SMILES string of the molecule is Cc1ccc(-n2nc(C(C)(C)C)cc2NC(=O)Nc2cccc(C(C3CCNCC3)S(=O)(=O)c3ccc(-c4cnco4)s3)c2)cc1. The van der Waals surface area contributed by atoms with Crippen LogP contribution in [0.25, 0.3) is 16.3 Å². The molecule has 5 aromatic rings. The molecule has 4 heterocycles. The van der Waals surface area contributed by atoms with Crippen molar-refractivity contribution in [3.8, 4) is 16.3 Å². The highest BCUT2D eigenvalue weighted by atomic mass is 32.2. The maximum absolute atomic E-state index is 14.3. The van der Waals surface area contributed by atoms with Gasteiger partial charge in [0, 0.05) is 17.2 Å². The van der Waals surface area contributed by atoms with Crippen LogP contribution in [0.15, 0.2) is 87.9 Å². The number of nitrogens with zero attached hydrogens (tertiary/aromatic N) is 3. The Labute approximate surface area is 273 Å². The number of carbonyl (C=O) groups excluding carboxylic acids is 1. The van der Waals surface area contributed by atoms with Crippen molar-refractivity contribution in [3.05, 3.63) is 96.1 Å². The fourth-order valence-electron chi connectivity index (χ4n) is 5.71. The molecule has 3 N–H and O–H groups in total. The number of oxazole rings is 1. The second kappa shape index (κ2) is 12.9. The van der Waals surface area contributed by atoms with Gasteiger partial charge in [-0.05, 0) is 80.7 Å². The summed E-state index contributed by atoms with van der Waals surface area (Å²) in [5.41, 5.74) is 3.69. The minimum atomic E-state index is -3.78. The first-order valence-electron chi connectivity index (χ1n) is 15.3. The molecule has 1 aliphatic heterocycles. The van der Waals surface area contributed by atoms with E-state index in [2.05, 4.69) is 41.7 Å². The van der Waals surface area contributed by atoms with Gasteiger partial charge in [-0.2, -0.15) is 5.10 Å². The minimum absolute atomic E-state index is 0.0918. The van der Waals surface area contributed by atoms with Crippen LogP contribution in [-0.2, 0) is 15.3 Å². The zero-order valence-electron chi connectivity index (χ0n) is 26.3. The molecule has 0 bridgehead atoms. The quantitative estimate of drug-likeness (QED) is 0.159. The summed E-state index contributed by atoms with van der Waals surface area (Å²) < 4.78 is 36.0. The summed E-state index contributed by atoms with van der Waals surface area (Å²) in [5.74, 6) is 0.962. The Morgan fingerprint density at radius 3 is 2.50 bits per heavy atom. The Hall–Kier alpha value is -4.26. The number of sulfone groups is 1. The number of benzene rings is 2. The standard InChI is InChI=1S/C34H38N6O4S2/c1-22-8-10-26(11-9-22)40-30(19-29(39-40)34(2,3)4)38-33(41)37-25-7-5-6-24(18-25)32(23-14-16-35-17-15-23)46(42,43)31-13-12-28(45-31)27-20-36-21-44-27/h5-13,18-21,23,32,35H,14-17H2,1-4H3,(H2,37,38,41). The molecule has 1 atom stereocenters. The molecular weight excluding hydrogens is 621 g/mol. The molecule has 0 radical (unpaired) electrons. The van der Waals surface area contributed by atoms with Crippen molar-refractivity contribution in [1.29, 1.82) is 0 Å². The van der Waals surface area contributed by atoms with Crippen LogP contribution in [0.5, 0.6) is 0 Å². The molecule has 2 aromatic carbocycles. The number of hydrogen-bond acceptors (Lipinski definition) is 8. The number of hydrogen-bond donors (Lipinski definition) is 3. The maximum atomic E-state index is 14.3. The summed E-state index contributed by atoms with van der Waals surface area (Å²) in [4.78, 5) is 18.1. The molecular formula is C34H38N6O4S2. The van der Waals surface area contributed by atoms with E-state index in [1.54, 1.807) is 41.2 Å². The minimum Gasteiger partial charge on any atom is -0.443 e. The number of carbonyl (C=O) groups is 1. The van der Waals surface area contributed by atoms with Crippen molar-refractivity contribution < 1.29 is 17.6 Å². The van der Waals surface area contributed by atoms with Crippen molar-refractivity contribution in [3.63, 3.8) is 0 Å². The number of aromatic nitrogens is 3. The van der Waals surface area contributed by atoms with Gasteiger partial charge in [0.1, 0.15) is 10.0 Å². The third kappa shape index (κ3) is 6.79. The monoisotopic (exact) mass is 658 g/mol. The van der Waals surface area contributed by atoms with Gasteiger partial charge in [-0.25, -0.2) is 22.9 Å². The normalized spacial score (nSPS) is 15.0. The highest BCUT2D eigenvalue weighted by molar-refractivity contribution is 7.93. The third-order valence-corrected chi connectivity index (χ3v) is 12.0. The van der Waals surface area contributed by atoms with E-state index >= 15 is 0 Å². The van der Waals surface area contributed by atoms with Crippen LogP contribution in [0.4, 0.5) is 16.3 Å². The first-order chi connectivity index (χ1) is 22.0. The van der Waals surface area contributed by atoms with E-state index in [4.69, 9.17) is 9.52 Å². The highest BCUT2D eigenvalue weighted by Crippen LogP contribution is 2.43. The van der Waals surface area contributed by atoms with Gasteiger partial charge >= 0.3 is 6.03 Å². The van der Waals surface area contributed by atoms with Gasteiger partial charge in [0.15, 0.2) is 22.0 Å². The smallest absolute Gasteiger partial charge is 0.324 e. The van der Waals surface area contributed by atoms with E-state index in [0.29, 0.717) is 27.7 Å². The van der Waals surface area contributed by atoms with Crippen molar-refractivity contribution >= 4 is 38.7 Å². The van der Waals surface area contributed by atoms with Gasteiger partial charge in [0.2, 0.25) is 0 Å². The Morgan fingerprint density at radius 2 is 1.80 bits per heavy atom. The van der Waals surface area contributed by atoms with Crippen LogP contribution in [0.1, 0.15) is 55.7 Å². The second-order valence-corrected chi connectivity index (χ2v) is 16.0. The Balaban J connectivity index is 1.28. The van der Waals surface area contributed by atoms with Gasteiger partial charge in [-0.3, -0.25) is 5.32 Å². The number of piperidine rings is 1. The van der Waals surface area contributed by atoms with E-state index in [1.165, 1.54) is 17.7 Å².